The van der Waals surface area contributed by atoms with Gasteiger partial charge >= 0.3 is 10.4 Å². The van der Waals surface area contributed by atoms with E-state index in [1.807, 2.05) is 0 Å². The van der Waals surface area contributed by atoms with Crippen molar-refractivity contribution in [1.29, 1.82) is 0 Å². The number of halogens is 1. The van der Waals surface area contributed by atoms with Crippen LogP contribution in [0.15, 0.2) is 0 Å². The summed E-state index contributed by atoms with van der Waals surface area (Å²) in [5.74, 6) is 0.894. The van der Waals surface area contributed by atoms with Crippen LogP contribution in [-0.4, -0.2) is 24.6 Å². The van der Waals surface area contributed by atoms with Crippen LogP contribution < -0.4 is 0 Å². The molecular formula is C3H7ClO4S2. The molecule has 0 unspecified atom stereocenters. The van der Waals surface area contributed by atoms with E-state index in [4.69, 9.17) is 16.2 Å². The van der Waals surface area contributed by atoms with Crippen molar-refractivity contribution in [2.45, 2.75) is 6.42 Å². The second kappa shape index (κ2) is 5.20. The largest absolute Gasteiger partial charge is 0.408 e. The first-order valence-corrected chi connectivity index (χ1v) is 5.22. The minimum Gasteiger partial charge on any atom is -0.263 e. The summed E-state index contributed by atoms with van der Waals surface area (Å²) in [6.07, 6.45) is 0.641. The zero-order valence-corrected chi connectivity index (χ0v) is 7.38. The van der Waals surface area contributed by atoms with Gasteiger partial charge in [0.15, 0.2) is 0 Å². The third kappa shape index (κ3) is 8.51. The van der Waals surface area contributed by atoms with E-state index in [0.29, 0.717) is 30.1 Å². The maximum absolute atomic E-state index is 9.87. The molecule has 62 valence electrons. The molecule has 0 rings (SSSR count). The third-order valence-electron chi connectivity index (χ3n) is 0.495. The van der Waals surface area contributed by atoms with E-state index in [0.717, 1.165) is 0 Å². The minimum absolute atomic E-state index is 0.446. The number of hydrogen-bond donors (Lipinski definition) is 1. The van der Waals surface area contributed by atoms with Crippen molar-refractivity contribution in [2.24, 2.45) is 0 Å². The van der Waals surface area contributed by atoms with Crippen LogP contribution in [0.3, 0.4) is 0 Å². The van der Waals surface area contributed by atoms with Gasteiger partial charge < -0.3 is 0 Å². The molecule has 0 radical (unpaired) electrons. The van der Waals surface area contributed by atoms with Crippen LogP contribution in [0.4, 0.5) is 0 Å². The van der Waals surface area contributed by atoms with Crippen LogP contribution >= 0.6 is 23.6 Å². The van der Waals surface area contributed by atoms with E-state index in [9.17, 15) is 8.42 Å². The molecule has 0 aromatic heterocycles. The zero-order chi connectivity index (χ0) is 8.04. The minimum atomic E-state index is -4.28. The molecule has 7 heteroatoms. The van der Waals surface area contributed by atoms with Gasteiger partial charge in [0, 0.05) is 23.7 Å². The second-order valence-corrected chi connectivity index (χ2v) is 3.78. The van der Waals surface area contributed by atoms with Crippen molar-refractivity contribution in [2.75, 3.05) is 11.6 Å². The number of rotatable bonds is 5. The lowest BCUT2D eigenvalue weighted by atomic mass is 10.6. The predicted octanol–water partition coefficient (Wildman–Crippen LogP) is 1.08. The van der Waals surface area contributed by atoms with Crippen LogP contribution in [-0.2, 0) is 14.0 Å². The van der Waals surface area contributed by atoms with Crippen LogP contribution in [0.2, 0.25) is 0 Å². The summed E-state index contributed by atoms with van der Waals surface area (Å²) < 4.78 is 31.7. The van der Waals surface area contributed by atoms with Crippen LogP contribution in [0.25, 0.3) is 0 Å². The van der Waals surface area contributed by atoms with Gasteiger partial charge in [0.1, 0.15) is 0 Å². The topological polar surface area (TPSA) is 63.6 Å². The fraction of sp³-hybridized carbons (Fsp3) is 1.00. The Morgan fingerprint density at radius 1 is 1.60 bits per heavy atom. The average Bonchev–Trinajstić information content (AvgIpc) is 1.78. The summed E-state index contributed by atoms with van der Waals surface area (Å²) >= 11 is 5.93. The van der Waals surface area contributed by atoms with Crippen molar-refractivity contribution in [3.63, 3.8) is 0 Å². The molecule has 0 amide bonds. The fourth-order valence-corrected chi connectivity index (χ4v) is 1.52. The van der Waals surface area contributed by atoms with E-state index >= 15 is 0 Å². The van der Waals surface area contributed by atoms with E-state index in [1.54, 1.807) is 0 Å². The molecule has 0 fully saturated rings. The standard InChI is InChI=1S/C3H7ClO4S2/c4-2-1-3-9-8-10(5,6)7/h1-3H2,(H,5,6,7). The Morgan fingerprint density at radius 2 is 2.20 bits per heavy atom. The molecule has 0 atom stereocenters. The summed E-state index contributed by atoms with van der Waals surface area (Å²) in [5, 5.41) is 0. The van der Waals surface area contributed by atoms with Gasteiger partial charge in [-0.3, -0.25) is 4.55 Å². The summed E-state index contributed by atoms with van der Waals surface area (Å²) in [6.45, 7) is 0. The van der Waals surface area contributed by atoms with Crippen molar-refractivity contribution in [3.05, 3.63) is 0 Å². The molecule has 0 heterocycles. The monoisotopic (exact) mass is 206 g/mol. The van der Waals surface area contributed by atoms with Gasteiger partial charge in [-0.2, -0.15) is 12.0 Å². The molecule has 4 nitrogen and oxygen atoms in total. The maximum atomic E-state index is 9.87. The molecule has 10 heavy (non-hydrogen) atoms. The normalized spacial score (nSPS) is 11.8. The molecule has 0 aliphatic heterocycles. The Balaban J connectivity index is 3.21. The van der Waals surface area contributed by atoms with Crippen molar-refractivity contribution < 1.29 is 16.6 Å². The molecule has 0 aliphatic rings. The molecule has 0 bridgehead atoms. The first-order chi connectivity index (χ1) is 4.56. The lowest BCUT2D eigenvalue weighted by Crippen LogP contribution is -1.97. The molecule has 0 aromatic rings. The smallest absolute Gasteiger partial charge is 0.263 e. The molecule has 0 spiro atoms. The Labute approximate surface area is 69.1 Å². The van der Waals surface area contributed by atoms with Gasteiger partial charge in [0.05, 0.1) is 0 Å². The average molecular weight is 207 g/mol. The predicted molar refractivity (Wildman–Crippen MR) is 40.4 cm³/mol. The van der Waals surface area contributed by atoms with Crippen LogP contribution in [0.1, 0.15) is 6.42 Å². The van der Waals surface area contributed by atoms with Gasteiger partial charge in [0.25, 0.3) is 0 Å². The van der Waals surface area contributed by atoms with Crippen LogP contribution in [0.5, 0.6) is 0 Å². The molecule has 1 N–H and O–H groups in total. The van der Waals surface area contributed by atoms with Crippen molar-refractivity contribution in [3.8, 4) is 0 Å². The highest BCUT2D eigenvalue weighted by Gasteiger charge is 2.03. The second-order valence-electron chi connectivity index (χ2n) is 1.36. The summed E-state index contributed by atoms with van der Waals surface area (Å²) in [4.78, 5) is 0. The summed E-state index contributed by atoms with van der Waals surface area (Å²) in [6, 6.07) is 0. The van der Waals surface area contributed by atoms with E-state index < -0.39 is 10.4 Å². The van der Waals surface area contributed by atoms with Gasteiger partial charge in [-0.25, -0.2) is 0 Å². The number of alkyl halides is 1. The molecule has 0 aliphatic carbocycles. The fourth-order valence-electron chi connectivity index (χ4n) is 0.208. The highest BCUT2D eigenvalue weighted by molar-refractivity contribution is 8.02. The molecular weight excluding hydrogens is 200 g/mol. The summed E-state index contributed by atoms with van der Waals surface area (Å²) in [7, 11) is -4.28. The quantitative estimate of drug-likeness (QED) is 0.316. The van der Waals surface area contributed by atoms with E-state index in [1.165, 1.54) is 0 Å². The SMILES string of the molecule is O=S(=O)(O)OSCCCCl. The highest BCUT2D eigenvalue weighted by atomic mass is 35.5. The molecule has 0 aromatic carbocycles. The summed E-state index contributed by atoms with van der Waals surface area (Å²) in [5.41, 5.74) is 0. The first kappa shape index (κ1) is 10.5. The lowest BCUT2D eigenvalue weighted by molar-refractivity contribution is 0.407. The van der Waals surface area contributed by atoms with Crippen molar-refractivity contribution in [1.82, 2.24) is 0 Å². The Kier molecular flexibility index (Phi) is 5.46. The van der Waals surface area contributed by atoms with Gasteiger partial charge in [-0.1, -0.05) is 0 Å². The Morgan fingerprint density at radius 3 is 2.60 bits per heavy atom. The highest BCUT2D eigenvalue weighted by Crippen LogP contribution is 2.08. The Bertz CT molecular complexity index is 165. The first-order valence-electron chi connectivity index (χ1n) is 2.41. The zero-order valence-electron chi connectivity index (χ0n) is 4.99. The van der Waals surface area contributed by atoms with E-state index in [-0.39, 0.29) is 0 Å². The molecule has 0 saturated heterocycles. The van der Waals surface area contributed by atoms with Gasteiger partial charge in [-0.15, -0.1) is 11.6 Å². The van der Waals surface area contributed by atoms with Gasteiger partial charge in [-0.05, 0) is 6.42 Å². The van der Waals surface area contributed by atoms with Crippen LogP contribution in [0, 0.1) is 0 Å². The molecule has 0 saturated carbocycles. The number of hydrogen-bond acceptors (Lipinski definition) is 4. The maximum Gasteiger partial charge on any atom is 0.408 e. The Hall–Kier alpha value is 0.510. The lowest BCUT2D eigenvalue weighted by Gasteiger charge is -1.94. The van der Waals surface area contributed by atoms with Crippen molar-refractivity contribution >= 4 is 34.0 Å². The third-order valence-corrected chi connectivity index (χ3v) is 2.29. The van der Waals surface area contributed by atoms with E-state index in [2.05, 4.69) is 3.63 Å². The van der Waals surface area contributed by atoms with Gasteiger partial charge in [0.2, 0.25) is 0 Å².